The van der Waals surface area contributed by atoms with E-state index in [1.165, 1.54) is 29.0 Å². The van der Waals surface area contributed by atoms with Gasteiger partial charge in [0.1, 0.15) is 11.6 Å². The molecule has 0 atom stereocenters. The van der Waals surface area contributed by atoms with Gasteiger partial charge in [-0.05, 0) is 53.8 Å². The van der Waals surface area contributed by atoms with Crippen LogP contribution in [0.4, 0.5) is 8.78 Å². The van der Waals surface area contributed by atoms with Gasteiger partial charge < -0.3 is 5.11 Å². The summed E-state index contributed by atoms with van der Waals surface area (Å²) in [6.45, 7) is 4.17. The van der Waals surface area contributed by atoms with Gasteiger partial charge >= 0.3 is 0 Å². The molecule has 3 rings (SSSR count). The average Bonchev–Trinajstić information content (AvgIpc) is 3.12. The van der Waals surface area contributed by atoms with Gasteiger partial charge in [-0.2, -0.15) is 0 Å². The van der Waals surface area contributed by atoms with Crippen LogP contribution in [0.25, 0.3) is 21.6 Å². The monoisotopic (exact) mass is 374 g/mol. The van der Waals surface area contributed by atoms with Crippen LogP contribution in [0.3, 0.4) is 0 Å². The summed E-state index contributed by atoms with van der Waals surface area (Å²) in [4.78, 5) is 1.77. The van der Waals surface area contributed by atoms with E-state index in [9.17, 15) is 8.78 Å². The predicted molar refractivity (Wildman–Crippen MR) is 107 cm³/mol. The lowest BCUT2D eigenvalue weighted by Gasteiger charge is -2.08. The van der Waals surface area contributed by atoms with Gasteiger partial charge in [0.25, 0.3) is 0 Å². The van der Waals surface area contributed by atoms with Crippen molar-refractivity contribution in [3.05, 3.63) is 70.6 Å². The molecule has 138 valence electrons. The Morgan fingerprint density at radius 2 is 1.46 bits per heavy atom. The minimum atomic E-state index is -0.507. The molecule has 0 aliphatic rings. The number of thiophene rings is 1. The van der Waals surface area contributed by atoms with Gasteiger partial charge in [-0.3, -0.25) is 0 Å². The molecule has 0 aliphatic heterocycles. The molecule has 1 heterocycles. The first kappa shape index (κ1) is 20.3. The van der Waals surface area contributed by atoms with Crippen LogP contribution in [-0.2, 0) is 12.8 Å². The largest absolute Gasteiger partial charge is 0.400 e. The van der Waals surface area contributed by atoms with Crippen molar-refractivity contribution in [1.82, 2.24) is 0 Å². The Hall–Kier alpha value is -2.04. The molecule has 2 aromatic carbocycles. The third kappa shape index (κ3) is 4.57. The number of hydrogen-bond acceptors (Lipinski definition) is 2. The van der Waals surface area contributed by atoms with Crippen LogP contribution in [0, 0.1) is 11.6 Å². The first-order chi connectivity index (χ1) is 12.6. The van der Waals surface area contributed by atoms with Crippen molar-refractivity contribution in [3.63, 3.8) is 0 Å². The van der Waals surface area contributed by atoms with Crippen molar-refractivity contribution in [3.8, 4) is 21.6 Å². The lowest BCUT2D eigenvalue weighted by molar-refractivity contribution is 0.399. The molecule has 0 aliphatic carbocycles. The second kappa shape index (κ2) is 9.60. The van der Waals surface area contributed by atoms with Crippen LogP contribution in [0.2, 0.25) is 0 Å². The molecule has 0 radical (unpaired) electrons. The Labute approximate surface area is 158 Å². The molecule has 0 saturated carbocycles. The Bertz CT molecular complexity index is 815. The molecule has 0 spiro atoms. The van der Waals surface area contributed by atoms with Crippen molar-refractivity contribution in [2.75, 3.05) is 7.11 Å². The fourth-order valence-electron chi connectivity index (χ4n) is 2.83. The number of hydrogen-bond donors (Lipinski definition) is 1. The summed E-state index contributed by atoms with van der Waals surface area (Å²) < 4.78 is 29.1. The van der Waals surface area contributed by atoms with Crippen LogP contribution in [-0.4, -0.2) is 12.2 Å². The number of rotatable bonds is 5. The fourth-order valence-corrected chi connectivity index (χ4v) is 3.83. The van der Waals surface area contributed by atoms with Gasteiger partial charge in [0.05, 0.1) is 5.56 Å². The first-order valence-corrected chi connectivity index (χ1v) is 9.56. The summed E-state index contributed by atoms with van der Waals surface area (Å²) >= 11 is 1.44. The molecule has 0 bridgehead atoms. The molecule has 0 unspecified atom stereocenters. The van der Waals surface area contributed by atoms with E-state index < -0.39 is 11.6 Å². The summed E-state index contributed by atoms with van der Waals surface area (Å²) in [6, 6.07) is 14.5. The van der Waals surface area contributed by atoms with Crippen LogP contribution < -0.4 is 0 Å². The van der Waals surface area contributed by atoms with Crippen LogP contribution in [0.5, 0.6) is 0 Å². The molecule has 26 heavy (non-hydrogen) atoms. The van der Waals surface area contributed by atoms with Crippen molar-refractivity contribution in [2.24, 2.45) is 0 Å². The third-order valence-electron chi connectivity index (χ3n) is 4.12. The van der Waals surface area contributed by atoms with Gasteiger partial charge in [0.2, 0.25) is 0 Å². The first-order valence-electron chi connectivity index (χ1n) is 8.74. The highest BCUT2D eigenvalue weighted by atomic mass is 32.1. The van der Waals surface area contributed by atoms with Gasteiger partial charge in [0, 0.05) is 16.9 Å². The summed E-state index contributed by atoms with van der Waals surface area (Å²) in [7, 11) is 1.00. The summed E-state index contributed by atoms with van der Waals surface area (Å²) in [6.07, 6.45) is 2.97. The van der Waals surface area contributed by atoms with E-state index in [0.29, 0.717) is 10.4 Å². The van der Waals surface area contributed by atoms with Gasteiger partial charge in [-0.15, -0.1) is 11.3 Å². The lowest BCUT2D eigenvalue weighted by Crippen LogP contribution is -1.91. The highest BCUT2D eigenvalue weighted by Gasteiger charge is 2.16. The van der Waals surface area contributed by atoms with E-state index in [1.54, 1.807) is 6.07 Å². The minimum Gasteiger partial charge on any atom is -0.400 e. The molecule has 0 saturated heterocycles. The van der Waals surface area contributed by atoms with E-state index in [2.05, 4.69) is 6.92 Å². The average molecular weight is 374 g/mol. The Balaban J connectivity index is 0.00000117. The molecule has 0 amide bonds. The van der Waals surface area contributed by atoms with E-state index in [4.69, 9.17) is 5.11 Å². The van der Waals surface area contributed by atoms with Crippen molar-refractivity contribution >= 4 is 11.3 Å². The highest BCUT2D eigenvalue weighted by Crippen LogP contribution is 2.35. The highest BCUT2D eigenvalue weighted by molar-refractivity contribution is 7.15. The van der Waals surface area contributed by atoms with Gasteiger partial charge in [0.15, 0.2) is 0 Å². The lowest BCUT2D eigenvalue weighted by atomic mass is 10.00. The summed E-state index contributed by atoms with van der Waals surface area (Å²) in [5.41, 5.74) is 2.72. The Kier molecular flexibility index (Phi) is 7.49. The number of benzene rings is 2. The van der Waals surface area contributed by atoms with E-state index in [0.717, 1.165) is 36.8 Å². The zero-order valence-electron chi connectivity index (χ0n) is 15.4. The van der Waals surface area contributed by atoms with Crippen LogP contribution in [0.15, 0.2) is 48.5 Å². The molecular formula is C22H24F2OS. The molecule has 1 N–H and O–H groups in total. The molecule has 0 fully saturated rings. The van der Waals surface area contributed by atoms with Crippen molar-refractivity contribution < 1.29 is 13.9 Å². The number of aliphatic hydroxyl groups is 1. The number of halogens is 2. The normalized spacial score (nSPS) is 10.4. The predicted octanol–water partition coefficient (Wildman–Crippen LogP) is 6.48. The topological polar surface area (TPSA) is 20.2 Å². The standard InChI is InChI=1S/C21H20F2S.CH4O/c1-3-5-14-6-8-15(9-7-14)16-12-18(22)21(19(23)13-16)20-11-10-17(4-2)24-20;1-2/h6-13H,3-5H2,1-2H3;2H,1H3. The number of aliphatic hydroxyl groups excluding tert-OH is 1. The van der Waals surface area contributed by atoms with Crippen LogP contribution in [0.1, 0.15) is 30.7 Å². The molecular weight excluding hydrogens is 350 g/mol. The Morgan fingerprint density at radius 3 is 1.96 bits per heavy atom. The maximum absolute atomic E-state index is 14.6. The molecule has 1 aromatic heterocycles. The van der Waals surface area contributed by atoms with Crippen LogP contribution >= 0.6 is 11.3 Å². The van der Waals surface area contributed by atoms with Crippen molar-refractivity contribution in [1.29, 1.82) is 0 Å². The maximum Gasteiger partial charge on any atom is 0.135 e. The quantitative estimate of drug-likeness (QED) is 0.541. The third-order valence-corrected chi connectivity index (χ3v) is 5.37. The molecule has 1 nitrogen and oxygen atoms in total. The van der Waals surface area contributed by atoms with E-state index in [1.807, 2.05) is 37.3 Å². The van der Waals surface area contributed by atoms with Gasteiger partial charge in [-0.25, -0.2) is 8.78 Å². The fraction of sp³-hybridized carbons (Fsp3) is 0.273. The summed E-state index contributed by atoms with van der Waals surface area (Å²) in [5, 5.41) is 7.00. The summed E-state index contributed by atoms with van der Waals surface area (Å²) in [5.74, 6) is -1.01. The van der Waals surface area contributed by atoms with E-state index >= 15 is 0 Å². The number of aryl methyl sites for hydroxylation is 2. The SMILES string of the molecule is CCCc1ccc(-c2cc(F)c(-c3ccc(CC)s3)c(F)c2)cc1.CO. The van der Waals surface area contributed by atoms with Gasteiger partial charge in [-0.1, -0.05) is 44.5 Å². The van der Waals surface area contributed by atoms with E-state index in [-0.39, 0.29) is 5.56 Å². The second-order valence-corrected chi connectivity index (χ2v) is 7.05. The Morgan fingerprint density at radius 1 is 0.846 bits per heavy atom. The second-order valence-electron chi connectivity index (χ2n) is 5.88. The maximum atomic E-state index is 14.6. The smallest absolute Gasteiger partial charge is 0.135 e. The molecule has 4 heteroatoms. The zero-order valence-corrected chi connectivity index (χ0v) is 16.2. The minimum absolute atomic E-state index is 0.0750. The van der Waals surface area contributed by atoms with Crippen molar-refractivity contribution in [2.45, 2.75) is 33.1 Å². The molecule has 3 aromatic rings. The zero-order chi connectivity index (χ0) is 19.1.